The molecule has 106 heavy (non-hydrogen) atoms. The van der Waals surface area contributed by atoms with E-state index in [0.29, 0.717) is 61.7 Å². The fourth-order valence-electron chi connectivity index (χ4n) is 12.1. The molecule has 0 radical (unpaired) electrons. The number of phenolic OH excluding ortho intramolecular Hbond substituents is 1. The van der Waals surface area contributed by atoms with E-state index in [0.717, 1.165) is 36.8 Å². The van der Waals surface area contributed by atoms with E-state index in [-0.39, 0.29) is 82.0 Å². The van der Waals surface area contributed by atoms with Crippen molar-refractivity contribution in [3.63, 3.8) is 0 Å². The fraction of sp³-hybridized carbons (Fsp3) is 0.620. The van der Waals surface area contributed by atoms with Gasteiger partial charge in [-0.2, -0.15) is 23.5 Å². The SMILES string of the molecule is C=NOCCCCCCOc1cc(CSC)cc(CSC[C@H](NC(=O)[C@H](CCC(=O)O)NC(=O)C(Cc2ccc(O)cc2)NC(=O)[C@@H]2CCCN2C(=O)[C@H](CC(C)(C)C)NC(=O)[C@H](CC(=O)O)NC(=O)[C@H](CCCC)NC(=O)[C@@H]2CCCN2C(=O)[C@H](C)NC(=O)[C@H](CCCN=C(N)N)NC(C)=O)C(N)=O)c1. The van der Waals surface area contributed by atoms with E-state index in [2.05, 4.69) is 59.4 Å². The lowest BCUT2D eigenvalue weighted by Crippen LogP contribution is -2.61. The molecule has 2 saturated heterocycles. The Bertz CT molecular complexity index is 3360. The number of hydrogen-bond donors (Lipinski definition) is 14. The first-order valence-electron chi connectivity index (χ1n) is 35.7. The molecular weight excluding hydrogens is 1420 g/mol. The van der Waals surface area contributed by atoms with Crippen LogP contribution in [0.15, 0.2) is 52.6 Å². The van der Waals surface area contributed by atoms with Gasteiger partial charge in [0.15, 0.2) is 5.96 Å². The number of thioether (sulfide) groups is 2. The van der Waals surface area contributed by atoms with Crippen LogP contribution in [0.2, 0.25) is 0 Å². The summed E-state index contributed by atoms with van der Waals surface area (Å²) in [5.74, 6) is -10.4. The molecule has 2 fully saturated rings. The third kappa shape index (κ3) is 32.1. The lowest BCUT2D eigenvalue weighted by atomic mass is 9.87. The molecule has 4 rings (SSSR count). The molecular formula is C71H109N15O18S2. The van der Waals surface area contributed by atoms with E-state index in [9.17, 15) is 77.6 Å². The first kappa shape index (κ1) is 89.0. The molecule has 10 atom stereocenters. The molecule has 11 amide bonds. The molecule has 588 valence electrons. The zero-order chi connectivity index (χ0) is 78.6. The number of aromatic hydroxyl groups is 1. The van der Waals surface area contributed by atoms with Crippen molar-refractivity contribution in [3.05, 3.63) is 59.2 Å². The first-order valence-corrected chi connectivity index (χ1v) is 38.3. The second-order valence-corrected chi connectivity index (χ2v) is 29.4. The average Bonchev–Trinajstić information content (AvgIpc) is 1.73. The van der Waals surface area contributed by atoms with Gasteiger partial charge < -0.3 is 94.4 Å². The number of benzene rings is 2. The van der Waals surface area contributed by atoms with Crippen LogP contribution in [-0.2, 0) is 85.1 Å². The second kappa shape index (κ2) is 45.8. The smallest absolute Gasteiger partial charge is 0.305 e. The van der Waals surface area contributed by atoms with Crippen molar-refractivity contribution in [1.29, 1.82) is 0 Å². The lowest BCUT2D eigenvalue weighted by Gasteiger charge is -2.33. The van der Waals surface area contributed by atoms with Crippen molar-refractivity contribution in [2.24, 2.45) is 32.8 Å². The Kier molecular flexibility index (Phi) is 38.5. The van der Waals surface area contributed by atoms with Gasteiger partial charge in [-0.15, -0.1) is 5.16 Å². The number of oxime groups is 1. The van der Waals surface area contributed by atoms with Crippen LogP contribution < -0.4 is 64.5 Å². The van der Waals surface area contributed by atoms with Gasteiger partial charge in [0.1, 0.15) is 78.5 Å². The standard InChI is InChI=1S/C71H109N15O18S2/c1-9-10-18-50(80-66(99)56-20-16-29-85(56)68(101)42(2)77-61(94)49(78-43(3)87)19-15-28-76-70(73)74)62(95)81-53(37-59(91)92)65(98)83-54(38-71(4,5)6)69(102)86-30-17-21-57(86)67(100)82-52(36-44-22-24-47(88)25-23-44)64(97)79-51(26-27-58(89)90)63(96)84-55(60(72)93)41-106-40-46-33-45(39-105-8)34-48(35-46)103-31-13-11-12-14-32-104-75-7/h22-25,33-35,42,49-57,88H,7,9-21,26-32,36-41H2,1-6,8H3,(H2,72,93)(H,77,94)(H,78,87)(H,79,97)(H,80,99)(H,81,95)(H,82,100)(H,83,98)(H,84,96)(H,89,90)(H,91,92)(H4,73,74,76)/t42-,49-,50-,51-,52?,53-,54-,55-,56-,57-/m0/s1. The molecule has 35 heteroatoms. The molecule has 2 aliphatic heterocycles. The predicted octanol–water partition coefficient (Wildman–Crippen LogP) is 1.71. The number of carbonyl (C=O) groups is 13. The topological polar surface area (TPSA) is 507 Å². The minimum atomic E-state index is -1.84. The number of primary amides is 1. The van der Waals surface area contributed by atoms with Gasteiger partial charge in [-0.1, -0.05) is 58.7 Å². The summed E-state index contributed by atoms with van der Waals surface area (Å²) in [4.78, 5) is 190. The van der Waals surface area contributed by atoms with E-state index in [1.165, 1.54) is 59.7 Å². The van der Waals surface area contributed by atoms with E-state index in [1.54, 1.807) is 32.5 Å². The van der Waals surface area contributed by atoms with Crippen molar-refractivity contribution < 1.29 is 87.2 Å². The number of guanidine groups is 1. The first-order chi connectivity index (χ1) is 50.2. The van der Waals surface area contributed by atoms with Crippen LogP contribution in [0, 0.1) is 5.41 Å². The molecule has 2 aliphatic rings. The minimum Gasteiger partial charge on any atom is -0.508 e. The van der Waals surface area contributed by atoms with Crippen molar-refractivity contribution in [3.8, 4) is 11.5 Å². The van der Waals surface area contributed by atoms with Crippen LogP contribution in [0.25, 0.3) is 0 Å². The third-order valence-electron chi connectivity index (χ3n) is 17.3. The molecule has 0 aliphatic carbocycles. The largest absolute Gasteiger partial charge is 0.508 e. The van der Waals surface area contributed by atoms with Gasteiger partial charge in [0, 0.05) is 63.4 Å². The Morgan fingerprint density at radius 1 is 0.623 bits per heavy atom. The number of aliphatic imine (C=N–C) groups is 1. The van der Waals surface area contributed by atoms with Crippen LogP contribution in [0.3, 0.4) is 0 Å². The number of nitrogens with one attached hydrogen (secondary N) is 8. The molecule has 0 spiro atoms. The number of nitrogens with zero attached hydrogens (tertiary/aromatic N) is 4. The van der Waals surface area contributed by atoms with E-state index >= 15 is 0 Å². The zero-order valence-electron chi connectivity index (χ0n) is 61.7. The number of rotatable bonds is 48. The summed E-state index contributed by atoms with van der Waals surface area (Å²) in [6.45, 7) is 14.3. The number of likely N-dealkylation sites (tertiary alicyclic amines) is 2. The maximum Gasteiger partial charge on any atom is 0.305 e. The van der Waals surface area contributed by atoms with Gasteiger partial charge in [0.05, 0.1) is 13.0 Å². The lowest BCUT2D eigenvalue weighted by molar-refractivity contribution is -0.144. The van der Waals surface area contributed by atoms with Gasteiger partial charge in [0.25, 0.3) is 0 Å². The molecule has 2 heterocycles. The summed E-state index contributed by atoms with van der Waals surface area (Å²) in [6, 6.07) is -2.22. The summed E-state index contributed by atoms with van der Waals surface area (Å²) in [6.07, 6.45) is 5.26. The highest BCUT2D eigenvalue weighted by Crippen LogP contribution is 2.28. The number of phenols is 1. The van der Waals surface area contributed by atoms with Crippen molar-refractivity contribution in [1.82, 2.24) is 52.3 Å². The van der Waals surface area contributed by atoms with Crippen LogP contribution in [0.4, 0.5) is 0 Å². The highest BCUT2D eigenvalue weighted by molar-refractivity contribution is 7.98. The molecule has 0 saturated carbocycles. The maximum atomic E-state index is 15.0. The van der Waals surface area contributed by atoms with Crippen LogP contribution in [0.5, 0.6) is 11.5 Å². The summed E-state index contributed by atoms with van der Waals surface area (Å²) in [7, 11) is 0. The van der Waals surface area contributed by atoms with Gasteiger partial charge in [0.2, 0.25) is 65.0 Å². The number of carbonyl (C=O) groups excluding carboxylic acids is 11. The van der Waals surface area contributed by atoms with Gasteiger partial charge >= 0.3 is 11.9 Å². The summed E-state index contributed by atoms with van der Waals surface area (Å²) in [5, 5.41) is 54.2. The second-order valence-electron chi connectivity index (χ2n) is 27.5. The molecule has 0 aromatic heterocycles. The monoisotopic (exact) mass is 1520 g/mol. The highest BCUT2D eigenvalue weighted by atomic mass is 32.2. The fourth-order valence-corrected chi connectivity index (χ4v) is 13.6. The number of carboxylic acid groups (broad SMARTS) is 2. The molecule has 0 bridgehead atoms. The number of aliphatic carboxylic acids is 2. The van der Waals surface area contributed by atoms with E-state index in [1.807, 2.05) is 31.4 Å². The van der Waals surface area contributed by atoms with Crippen LogP contribution >= 0.6 is 23.5 Å². The predicted molar refractivity (Wildman–Crippen MR) is 399 cm³/mol. The number of unbranched alkanes of at least 4 members (excludes halogenated alkanes) is 4. The summed E-state index contributed by atoms with van der Waals surface area (Å²) < 4.78 is 6.11. The van der Waals surface area contributed by atoms with Crippen molar-refractivity contribution in [2.75, 3.05) is 44.9 Å². The minimum absolute atomic E-state index is 0.0115. The maximum absolute atomic E-state index is 15.0. The normalized spacial score (nSPS) is 16.3. The number of hydrogen-bond acceptors (Lipinski definition) is 20. The number of nitrogens with two attached hydrogens (primary N) is 3. The summed E-state index contributed by atoms with van der Waals surface area (Å²) >= 11 is 2.91. The quantitative estimate of drug-likeness (QED) is 0.0194. The Morgan fingerprint density at radius 2 is 1.15 bits per heavy atom. The number of ether oxygens (including phenoxy) is 1. The van der Waals surface area contributed by atoms with Gasteiger partial charge in [-0.3, -0.25) is 67.3 Å². The molecule has 33 nitrogen and oxygen atoms in total. The Morgan fingerprint density at radius 3 is 1.72 bits per heavy atom. The third-order valence-corrected chi connectivity index (χ3v) is 19.0. The van der Waals surface area contributed by atoms with Crippen molar-refractivity contribution >= 4 is 113 Å². The highest BCUT2D eigenvalue weighted by Gasteiger charge is 2.43. The molecule has 2 aromatic carbocycles. The van der Waals surface area contributed by atoms with Crippen LogP contribution in [0.1, 0.15) is 167 Å². The zero-order valence-corrected chi connectivity index (χ0v) is 63.3. The van der Waals surface area contributed by atoms with Gasteiger partial charge in [-0.25, -0.2) is 0 Å². The van der Waals surface area contributed by atoms with Crippen molar-refractivity contribution in [2.45, 2.75) is 229 Å². The van der Waals surface area contributed by atoms with Gasteiger partial charge in [-0.05, 0) is 143 Å². The Balaban J connectivity index is 1.52. The molecule has 1 unspecified atom stereocenters. The number of amides is 11. The molecule has 2 aromatic rings. The summed E-state index contributed by atoms with van der Waals surface area (Å²) in [5.41, 5.74) is 18.2. The van der Waals surface area contributed by atoms with E-state index in [4.69, 9.17) is 26.8 Å². The van der Waals surface area contributed by atoms with Crippen LogP contribution in [-0.4, -0.2) is 220 Å². The van der Waals surface area contributed by atoms with E-state index < -0.39 is 162 Å². The number of carboxylic acids is 2. The molecule has 17 N–H and O–H groups in total. The average molecular weight is 1520 g/mol. The Hall–Kier alpha value is -9.41. The Labute approximate surface area is 627 Å².